The van der Waals surface area contributed by atoms with E-state index in [1.165, 1.54) is 7.11 Å². The molecule has 1 aliphatic heterocycles. The van der Waals surface area contributed by atoms with E-state index in [-0.39, 0.29) is 18.2 Å². The van der Waals surface area contributed by atoms with Gasteiger partial charge in [-0.2, -0.15) is 0 Å². The summed E-state index contributed by atoms with van der Waals surface area (Å²) < 4.78 is 11.3. The number of rotatable bonds is 5. The number of pyridine rings is 1. The molecule has 6 nitrogen and oxygen atoms in total. The summed E-state index contributed by atoms with van der Waals surface area (Å²) in [5.74, 6) is 0.767. The highest BCUT2D eigenvalue weighted by molar-refractivity contribution is 6.30. The van der Waals surface area contributed by atoms with Crippen LogP contribution in [0.3, 0.4) is 0 Å². The van der Waals surface area contributed by atoms with Gasteiger partial charge in [-0.1, -0.05) is 31.5 Å². The fraction of sp³-hybridized carbons (Fsp3) is 0.478. The predicted molar refractivity (Wildman–Crippen MR) is 122 cm³/mol. The van der Waals surface area contributed by atoms with Gasteiger partial charge in [0.25, 0.3) is 6.02 Å². The summed E-state index contributed by atoms with van der Waals surface area (Å²) in [7, 11) is 1.50. The maximum absolute atomic E-state index is 10.0. The van der Waals surface area contributed by atoms with Crippen LogP contribution in [0.25, 0.3) is 11.1 Å². The quantitative estimate of drug-likeness (QED) is 0.503. The second-order valence-electron chi connectivity index (χ2n) is 7.66. The third kappa shape index (κ3) is 6.61. The van der Waals surface area contributed by atoms with Gasteiger partial charge in [-0.05, 0) is 50.5 Å². The number of amidine groups is 1. The molecule has 0 saturated carbocycles. The van der Waals surface area contributed by atoms with Crippen LogP contribution in [0.5, 0.6) is 5.75 Å². The highest BCUT2D eigenvalue weighted by atomic mass is 35.5. The first-order chi connectivity index (χ1) is 14.2. The molecule has 0 aliphatic carbocycles. The van der Waals surface area contributed by atoms with Gasteiger partial charge in [0.15, 0.2) is 0 Å². The maximum Gasteiger partial charge on any atom is 0.282 e. The summed E-state index contributed by atoms with van der Waals surface area (Å²) in [4.78, 5) is 8.69. The molecule has 0 fully saturated rings. The minimum absolute atomic E-state index is 0.0592. The molecule has 0 saturated heterocycles. The van der Waals surface area contributed by atoms with E-state index in [2.05, 4.69) is 9.98 Å². The number of hydrogen-bond acceptors (Lipinski definition) is 5. The Bertz CT molecular complexity index is 865. The molecule has 1 aliphatic rings. The normalized spacial score (nSPS) is 18.6. The van der Waals surface area contributed by atoms with Gasteiger partial charge in [0.1, 0.15) is 11.9 Å². The predicted octanol–water partition coefficient (Wildman–Crippen LogP) is 5.13. The number of halogens is 1. The zero-order chi connectivity index (χ0) is 22.3. The molecule has 1 aromatic carbocycles. The second kappa shape index (κ2) is 10.6. The van der Waals surface area contributed by atoms with Gasteiger partial charge < -0.3 is 20.3 Å². The molecule has 0 spiro atoms. The smallest absolute Gasteiger partial charge is 0.282 e. The average molecular weight is 434 g/mol. The van der Waals surface area contributed by atoms with E-state index in [4.69, 9.17) is 26.8 Å². The number of nitrogens with two attached hydrogens (primary N) is 1. The lowest BCUT2D eigenvalue weighted by Gasteiger charge is -2.32. The van der Waals surface area contributed by atoms with Crippen molar-refractivity contribution in [2.75, 3.05) is 7.11 Å². The highest BCUT2D eigenvalue weighted by Crippen LogP contribution is 2.41. The Morgan fingerprint density at radius 1 is 1.30 bits per heavy atom. The van der Waals surface area contributed by atoms with E-state index >= 15 is 0 Å². The largest absolute Gasteiger partial charge is 0.490 e. The van der Waals surface area contributed by atoms with E-state index in [9.17, 15) is 5.11 Å². The molecule has 30 heavy (non-hydrogen) atoms. The van der Waals surface area contributed by atoms with E-state index in [0.717, 1.165) is 28.9 Å². The van der Waals surface area contributed by atoms with Gasteiger partial charge in [-0.25, -0.2) is 4.99 Å². The molecular formula is C23H32ClN3O3. The van der Waals surface area contributed by atoms with Gasteiger partial charge in [0.05, 0.1) is 23.8 Å². The standard InChI is InChI=1S/C21H26ClN3O3.C2H6/c1-21(2,26)7-6-16-10-18(25-20(23)27-3)17-9-13(4-5-19(17)28-16)14-8-15(22)12-24-11-14;1-2/h4-5,8-9,11-12,16,18,26H,6-7,10H2,1-3H3,(H2,23,25);1-2H3/t16?,18-;/m1./s1. The molecule has 0 radical (unpaired) electrons. The van der Waals surface area contributed by atoms with Crippen molar-refractivity contribution in [3.8, 4) is 16.9 Å². The van der Waals surface area contributed by atoms with Gasteiger partial charge >= 0.3 is 0 Å². The first-order valence-corrected chi connectivity index (χ1v) is 10.6. The lowest BCUT2D eigenvalue weighted by atomic mass is 9.90. The Kier molecular flexibility index (Phi) is 8.50. The lowest BCUT2D eigenvalue weighted by molar-refractivity contribution is 0.0478. The number of methoxy groups -OCH3 is 1. The number of nitrogens with zero attached hydrogens (tertiary/aromatic N) is 2. The van der Waals surface area contributed by atoms with Crippen molar-refractivity contribution in [1.82, 2.24) is 4.98 Å². The van der Waals surface area contributed by atoms with Crippen molar-refractivity contribution >= 4 is 17.6 Å². The average Bonchev–Trinajstić information content (AvgIpc) is 2.73. The monoisotopic (exact) mass is 433 g/mol. The van der Waals surface area contributed by atoms with Gasteiger partial charge in [-0.3, -0.25) is 4.98 Å². The molecule has 1 aromatic heterocycles. The summed E-state index contributed by atoms with van der Waals surface area (Å²) in [5.41, 5.74) is 7.93. The first-order valence-electron chi connectivity index (χ1n) is 10.3. The van der Waals surface area contributed by atoms with Crippen molar-refractivity contribution in [2.24, 2.45) is 10.7 Å². The van der Waals surface area contributed by atoms with E-state index in [1.54, 1.807) is 26.2 Å². The number of aliphatic hydroxyl groups is 1. The first kappa shape index (κ1) is 24.0. The van der Waals surface area contributed by atoms with Crippen molar-refractivity contribution in [2.45, 2.75) is 64.7 Å². The number of ether oxygens (including phenoxy) is 2. The topological polar surface area (TPSA) is 90.0 Å². The molecule has 3 N–H and O–H groups in total. The Hall–Kier alpha value is -2.31. The Labute approximate surface area is 184 Å². The van der Waals surface area contributed by atoms with Gasteiger partial charge in [0, 0.05) is 29.9 Å². The summed E-state index contributed by atoms with van der Waals surface area (Å²) in [6, 6.07) is 7.76. The Morgan fingerprint density at radius 2 is 2.03 bits per heavy atom. The minimum Gasteiger partial charge on any atom is -0.490 e. The summed E-state index contributed by atoms with van der Waals surface area (Å²) in [6.45, 7) is 7.60. The Morgan fingerprint density at radius 3 is 2.67 bits per heavy atom. The zero-order valence-electron chi connectivity index (χ0n) is 18.4. The van der Waals surface area contributed by atoms with Crippen LogP contribution in [0.2, 0.25) is 5.02 Å². The lowest BCUT2D eigenvalue weighted by Crippen LogP contribution is -2.29. The van der Waals surface area contributed by atoms with E-state index in [1.807, 2.05) is 38.1 Å². The Balaban J connectivity index is 0.00000155. The van der Waals surface area contributed by atoms with Crippen LogP contribution in [0.4, 0.5) is 0 Å². The molecule has 2 atom stereocenters. The number of benzene rings is 1. The highest BCUT2D eigenvalue weighted by Gasteiger charge is 2.30. The van der Waals surface area contributed by atoms with Crippen LogP contribution >= 0.6 is 11.6 Å². The molecule has 3 rings (SSSR count). The van der Waals surface area contributed by atoms with E-state index < -0.39 is 5.60 Å². The SMILES string of the molecule is CC.COC(N)=N[C@@H]1CC(CCC(C)(C)O)Oc2ccc(-c3cncc(Cl)c3)cc21. The fourth-order valence-corrected chi connectivity index (χ4v) is 3.46. The van der Waals surface area contributed by atoms with Crippen LogP contribution in [0, 0.1) is 0 Å². The zero-order valence-corrected chi connectivity index (χ0v) is 19.1. The molecular weight excluding hydrogens is 402 g/mol. The third-order valence-electron chi connectivity index (χ3n) is 4.76. The van der Waals surface area contributed by atoms with Crippen LogP contribution in [-0.2, 0) is 4.74 Å². The summed E-state index contributed by atoms with van der Waals surface area (Å²) in [5, 5.41) is 10.6. The molecule has 2 aromatic rings. The van der Waals surface area contributed by atoms with Crippen LogP contribution in [0.1, 0.15) is 58.6 Å². The molecule has 0 bridgehead atoms. The van der Waals surface area contributed by atoms with Crippen molar-refractivity contribution in [3.05, 3.63) is 47.2 Å². The fourth-order valence-electron chi connectivity index (χ4n) is 3.29. The van der Waals surface area contributed by atoms with Crippen LogP contribution < -0.4 is 10.5 Å². The molecule has 7 heteroatoms. The minimum atomic E-state index is -0.739. The van der Waals surface area contributed by atoms with Crippen LogP contribution in [0.15, 0.2) is 41.7 Å². The van der Waals surface area contributed by atoms with Gasteiger partial charge in [0.2, 0.25) is 0 Å². The van der Waals surface area contributed by atoms with Crippen molar-refractivity contribution in [3.63, 3.8) is 0 Å². The van der Waals surface area contributed by atoms with E-state index in [0.29, 0.717) is 17.9 Å². The van der Waals surface area contributed by atoms with Crippen molar-refractivity contribution < 1.29 is 14.6 Å². The molecule has 2 heterocycles. The van der Waals surface area contributed by atoms with Crippen LogP contribution in [-0.4, -0.2) is 34.9 Å². The third-order valence-corrected chi connectivity index (χ3v) is 4.96. The summed E-state index contributed by atoms with van der Waals surface area (Å²) in [6.07, 6.45) is 5.33. The second-order valence-corrected chi connectivity index (χ2v) is 8.09. The number of fused-ring (bicyclic) bond motifs is 1. The summed E-state index contributed by atoms with van der Waals surface area (Å²) >= 11 is 6.08. The number of hydrogen-bond donors (Lipinski definition) is 2. The molecule has 0 amide bonds. The molecule has 164 valence electrons. The number of aromatic nitrogens is 1. The number of aliphatic imine (C=N–C) groups is 1. The van der Waals surface area contributed by atoms with Gasteiger partial charge in [-0.15, -0.1) is 0 Å². The molecule has 1 unspecified atom stereocenters. The maximum atomic E-state index is 10.0. The van der Waals surface area contributed by atoms with Crippen molar-refractivity contribution in [1.29, 1.82) is 0 Å².